The van der Waals surface area contributed by atoms with Gasteiger partial charge in [-0.05, 0) is 30.2 Å². The van der Waals surface area contributed by atoms with Crippen molar-refractivity contribution in [2.75, 3.05) is 20.3 Å². The summed E-state index contributed by atoms with van der Waals surface area (Å²) in [5, 5.41) is 10.3. The van der Waals surface area contributed by atoms with Crippen LogP contribution in [0.5, 0.6) is 5.75 Å². The monoisotopic (exact) mass is 409 g/mol. The number of hydrogen-bond donors (Lipinski definition) is 1. The van der Waals surface area contributed by atoms with Gasteiger partial charge < -0.3 is 19.5 Å². The minimum atomic E-state index is -0.633. The highest BCUT2D eigenvalue weighted by molar-refractivity contribution is 6.08. The Balaban J connectivity index is 1.81. The maximum absolute atomic E-state index is 12.6. The van der Waals surface area contributed by atoms with Crippen LogP contribution in [0.1, 0.15) is 36.1 Å². The molecule has 0 aromatic heterocycles. The van der Waals surface area contributed by atoms with E-state index >= 15 is 0 Å². The summed E-state index contributed by atoms with van der Waals surface area (Å²) in [4.78, 5) is 26.5. The van der Waals surface area contributed by atoms with Crippen molar-refractivity contribution in [3.63, 3.8) is 0 Å². The van der Waals surface area contributed by atoms with Crippen LogP contribution < -0.4 is 4.74 Å². The number of methoxy groups -OCH3 is 1. The van der Waals surface area contributed by atoms with Crippen molar-refractivity contribution in [3.05, 3.63) is 76.6 Å². The van der Waals surface area contributed by atoms with Crippen molar-refractivity contribution in [3.8, 4) is 5.75 Å². The Bertz CT molecular complexity index is 931. The predicted molar refractivity (Wildman–Crippen MR) is 113 cm³/mol. The summed E-state index contributed by atoms with van der Waals surface area (Å²) in [7, 11) is 1.54. The summed E-state index contributed by atoms with van der Waals surface area (Å²) >= 11 is 0. The number of benzene rings is 2. The lowest BCUT2D eigenvalue weighted by atomic mass is 9.95. The molecule has 1 unspecified atom stereocenters. The minimum absolute atomic E-state index is 0.145. The van der Waals surface area contributed by atoms with Gasteiger partial charge in [0.05, 0.1) is 18.2 Å². The topological polar surface area (TPSA) is 76.1 Å². The Labute approximate surface area is 176 Å². The lowest BCUT2D eigenvalue weighted by Crippen LogP contribution is -2.33. The van der Waals surface area contributed by atoms with Gasteiger partial charge in [0.25, 0.3) is 5.91 Å². The van der Waals surface area contributed by atoms with Crippen LogP contribution in [0.2, 0.25) is 0 Å². The summed E-state index contributed by atoms with van der Waals surface area (Å²) in [6.07, 6.45) is 0.207. The average Bonchev–Trinajstić information content (AvgIpc) is 3.02. The van der Waals surface area contributed by atoms with Crippen LogP contribution in [0, 0.1) is 6.92 Å². The number of Topliss-reactive ketones (excluding diaryl/α,β-unsaturated/α-hetero) is 1. The molecule has 0 bridgehead atoms. The number of nitrogens with zero attached hydrogens (tertiary/aromatic N) is 1. The van der Waals surface area contributed by atoms with E-state index in [2.05, 4.69) is 0 Å². The molecule has 0 saturated heterocycles. The van der Waals surface area contributed by atoms with Crippen LogP contribution in [0.15, 0.2) is 59.9 Å². The molecule has 1 N–H and O–H groups in total. The first-order chi connectivity index (χ1) is 14.5. The Kier molecular flexibility index (Phi) is 6.90. The van der Waals surface area contributed by atoms with Gasteiger partial charge in [-0.3, -0.25) is 9.59 Å². The molecule has 1 aliphatic heterocycles. The van der Waals surface area contributed by atoms with E-state index in [-0.39, 0.29) is 24.3 Å². The lowest BCUT2D eigenvalue weighted by molar-refractivity contribution is -0.130. The SMILES string of the molecule is CCC(=O)C1=C(O)C(=O)N(CCOC)C1c1ccc(OCc2ccc(C)cc2)cc1. The fourth-order valence-electron chi connectivity index (χ4n) is 3.49. The van der Waals surface area contributed by atoms with Gasteiger partial charge in [0.2, 0.25) is 0 Å². The first kappa shape index (κ1) is 21.6. The molecule has 0 spiro atoms. The third kappa shape index (κ3) is 4.54. The highest BCUT2D eigenvalue weighted by Gasteiger charge is 2.42. The van der Waals surface area contributed by atoms with Crippen molar-refractivity contribution in [2.45, 2.75) is 32.9 Å². The van der Waals surface area contributed by atoms with Gasteiger partial charge >= 0.3 is 0 Å². The number of amides is 1. The molecule has 30 heavy (non-hydrogen) atoms. The lowest BCUT2D eigenvalue weighted by Gasteiger charge is -2.26. The number of hydrogen-bond acceptors (Lipinski definition) is 5. The third-order valence-electron chi connectivity index (χ3n) is 5.18. The normalized spacial score (nSPS) is 16.3. The fourth-order valence-corrected chi connectivity index (χ4v) is 3.49. The number of aliphatic hydroxyl groups excluding tert-OH is 1. The summed E-state index contributed by atoms with van der Waals surface area (Å²) in [6, 6.07) is 14.8. The second-order valence-electron chi connectivity index (χ2n) is 7.28. The van der Waals surface area contributed by atoms with E-state index in [1.165, 1.54) is 10.5 Å². The van der Waals surface area contributed by atoms with Crippen molar-refractivity contribution in [1.82, 2.24) is 4.90 Å². The van der Waals surface area contributed by atoms with E-state index in [0.717, 1.165) is 11.1 Å². The molecule has 6 heteroatoms. The quantitative estimate of drug-likeness (QED) is 0.680. The zero-order valence-electron chi connectivity index (χ0n) is 17.6. The number of ketones is 1. The Morgan fingerprint density at radius 2 is 1.77 bits per heavy atom. The fraction of sp³-hybridized carbons (Fsp3) is 0.333. The van der Waals surface area contributed by atoms with Crippen LogP contribution >= 0.6 is 0 Å². The molecule has 1 heterocycles. The van der Waals surface area contributed by atoms with Crippen LogP contribution in [0.4, 0.5) is 0 Å². The number of carbonyl (C=O) groups excluding carboxylic acids is 2. The molecule has 1 aliphatic rings. The van der Waals surface area contributed by atoms with Gasteiger partial charge in [0.1, 0.15) is 12.4 Å². The maximum Gasteiger partial charge on any atom is 0.290 e. The van der Waals surface area contributed by atoms with Crippen molar-refractivity contribution >= 4 is 11.7 Å². The highest BCUT2D eigenvalue weighted by atomic mass is 16.5. The van der Waals surface area contributed by atoms with Gasteiger partial charge in [-0.2, -0.15) is 0 Å². The van der Waals surface area contributed by atoms with Gasteiger partial charge in [-0.25, -0.2) is 0 Å². The van der Waals surface area contributed by atoms with Gasteiger partial charge in [0, 0.05) is 20.1 Å². The molecule has 2 aromatic carbocycles. The zero-order chi connectivity index (χ0) is 21.7. The smallest absolute Gasteiger partial charge is 0.290 e. The average molecular weight is 409 g/mol. The largest absolute Gasteiger partial charge is 0.503 e. The molecule has 158 valence electrons. The van der Waals surface area contributed by atoms with Gasteiger partial charge in [-0.1, -0.05) is 48.9 Å². The maximum atomic E-state index is 12.6. The molecule has 1 amide bonds. The molecule has 6 nitrogen and oxygen atoms in total. The van der Waals surface area contributed by atoms with E-state index < -0.39 is 17.7 Å². The minimum Gasteiger partial charge on any atom is -0.503 e. The predicted octanol–water partition coefficient (Wildman–Crippen LogP) is 3.89. The molecule has 0 aliphatic carbocycles. The van der Waals surface area contributed by atoms with E-state index in [4.69, 9.17) is 9.47 Å². The number of aliphatic hydroxyl groups is 1. The van der Waals surface area contributed by atoms with Crippen molar-refractivity contribution in [2.24, 2.45) is 0 Å². The first-order valence-corrected chi connectivity index (χ1v) is 10.0. The Morgan fingerprint density at radius 1 is 1.10 bits per heavy atom. The van der Waals surface area contributed by atoms with Crippen LogP contribution in [0.25, 0.3) is 0 Å². The van der Waals surface area contributed by atoms with Crippen molar-refractivity contribution in [1.29, 1.82) is 0 Å². The first-order valence-electron chi connectivity index (χ1n) is 10.0. The molecule has 0 fully saturated rings. The number of carbonyl (C=O) groups is 2. The number of aryl methyl sites for hydroxylation is 1. The summed E-state index contributed by atoms with van der Waals surface area (Å²) in [5.74, 6) is -0.578. The molecule has 0 saturated carbocycles. The van der Waals surface area contributed by atoms with Crippen LogP contribution in [0.3, 0.4) is 0 Å². The van der Waals surface area contributed by atoms with Crippen LogP contribution in [-0.4, -0.2) is 42.0 Å². The Morgan fingerprint density at radius 3 is 2.37 bits per heavy atom. The molecule has 2 aromatic rings. The molecular formula is C24H27NO5. The molecule has 0 radical (unpaired) electrons. The van der Waals surface area contributed by atoms with Gasteiger partial charge in [0.15, 0.2) is 11.5 Å². The summed E-state index contributed by atoms with van der Waals surface area (Å²) in [5.41, 5.74) is 3.15. The van der Waals surface area contributed by atoms with Gasteiger partial charge in [-0.15, -0.1) is 0 Å². The molecule has 3 rings (SSSR count). The van der Waals surface area contributed by atoms with E-state index in [0.29, 0.717) is 19.0 Å². The number of ether oxygens (including phenoxy) is 2. The summed E-state index contributed by atoms with van der Waals surface area (Å²) in [6.45, 7) is 4.78. The second kappa shape index (κ2) is 9.59. The number of rotatable bonds is 9. The summed E-state index contributed by atoms with van der Waals surface area (Å²) < 4.78 is 10.9. The molecular weight excluding hydrogens is 382 g/mol. The molecule has 1 atom stereocenters. The second-order valence-corrected chi connectivity index (χ2v) is 7.28. The van der Waals surface area contributed by atoms with Crippen LogP contribution in [-0.2, 0) is 20.9 Å². The third-order valence-corrected chi connectivity index (χ3v) is 5.18. The van der Waals surface area contributed by atoms with E-state index in [1.54, 1.807) is 14.0 Å². The Hall–Kier alpha value is -3.12. The van der Waals surface area contributed by atoms with E-state index in [1.807, 2.05) is 55.5 Å². The highest BCUT2D eigenvalue weighted by Crippen LogP contribution is 2.38. The standard InChI is InChI=1S/C24H27NO5/c1-4-20(26)21-22(25(13-14-29-3)24(28)23(21)27)18-9-11-19(12-10-18)30-15-17-7-5-16(2)6-8-17/h5-12,22,27H,4,13-15H2,1-3H3. The van der Waals surface area contributed by atoms with Crippen molar-refractivity contribution < 1.29 is 24.2 Å². The van der Waals surface area contributed by atoms with E-state index in [9.17, 15) is 14.7 Å². The zero-order valence-corrected chi connectivity index (χ0v) is 17.6.